The van der Waals surface area contributed by atoms with Crippen LogP contribution < -0.4 is 5.32 Å². The number of amides is 2. The first-order valence-electron chi connectivity index (χ1n) is 11.9. The number of halogens is 3. The van der Waals surface area contributed by atoms with Crippen LogP contribution in [0, 0.1) is 0 Å². The van der Waals surface area contributed by atoms with E-state index in [9.17, 15) is 32.3 Å². The summed E-state index contributed by atoms with van der Waals surface area (Å²) in [5.41, 5.74) is -1.76. The molecule has 0 bridgehead atoms. The molecule has 1 aromatic carbocycles. The van der Waals surface area contributed by atoms with Gasteiger partial charge in [0.25, 0.3) is 5.91 Å². The Morgan fingerprint density at radius 3 is 2.33 bits per heavy atom. The smallest absolute Gasteiger partial charge is 0.481 e. The number of aromatic nitrogens is 2. The van der Waals surface area contributed by atoms with E-state index in [1.807, 2.05) is 0 Å². The number of hydrogen-bond donors (Lipinski definition) is 2. The third-order valence-corrected chi connectivity index (χ3v) is 5.55. The Bertz CT molecular complexity index is 1190. The van der Waals surface area contributed by atoms with E-state index in [0.717, 1.165) is 0 Å². The first-order valence-corrected chi connectivity index (χ1v) is 11.9. The maximum Gasteiger partial charge on any atom is 0.527 e. The lowest BCUT2D eigenvalue weighted by Crippen LogP contribution is -2.55. The molecular formula is C24H26F3N5O7. The number of hydrogen-bond acceptors (Lipinski definition) is 9. The van der Waals surface area contributed by atoms with Crippen LogP contribution in [-0.4, -0.2) is 87.8 Å². The van der Waals surface area contributed by atoms with Gasteiger partial charge in [0.1, 0.15) is 17.4 Å². The van der Waals surface area contributed by atoms with Crippen molar-refractivity contribution in [1.29, 1.82) is 0 Å². The highest BCUT2D eigenvalue weighted by Gasteiger charge is 2.35. The van der Waals surface area contributed by atoms with Crippen LogP contribution in [0.5, 0.6) is 0 Å². The lowest BCUT2D eigenvalue weighted by molar-refractivity contribution is -0.157. The summed E-state index contributed by atoms with van der Waals surface area (Å²) < 4.78 is 45.3. The van der Waals surface area contributed by atoms with E-state index in [0.29, 0.717) is 6.07 Å². The normalized spacial score (nSPS) is 14.8. The maximum atomic E-state index is 13.5. The van der Waals surface area contributed by atoms with Gasteiger partial charge < -0.3 is 24.9 Å². The molecule has 15 heteroatoms. The predicted octanol–water partition coefficient (Wildman–Crippen LogP) is 2.36. The van der Waals surface area contributed by atoms with Crippen LogP contribution >= 0.6 is 0 Å². The Labute approximate surface area is 220 Å². The van der Waals surface area contributed by atoms with Crippen molar-refractivity contribution in [2.45, 2.75) is 32.0 Å². The summed E-state index contributed by atoms with van der Waals surface area (Å²) in [5.74, 6) is -3.33. The van der Waals surface area contributed by atoms with E-state index >= 15 is 0 Å². The van der Waals surface area contributed by atoms with Crippen LogP contribution in [-0.2, 0) is 25.3 Å². The molecule has 0 aliphatic carbocycles. The molecule has 0 spiro atoms. The summed E-state index contributed by atoms with van der Waals surface area (Å²) in [4.78, 5) is 62.6. The van der Waals surface area contributed by atoms with Crippen molar-refractivity contribution >= 4 is 23.9 Å². The minimum absolute atomic E-state index is 0.0710. The molecule has 0 unspecified atom stereocenters. The SMILES string of the molecule is CCOC(=O)ON1CCN(C(=O)[C@H](CCC(=O)O)NC(=O)c2cc(C(F)(F)F)nc(-c3ccccc3)n2)CC1. The zero-order chi connectivity index (χ0) is 28.6. The van der Waals surface area contributed by atoms with Gasteiger partial charge in [0.2, 0.25) is 5.91 Å². The van der Waals surface area contributed by atoms with Crippen molar-refractivity contribution in [2.24, 2.45) is 0 Å². The Morgan fingerprint density at radius 2 is 1.74 bits per heavy atom. The van der Waals surface area contributed by atoms with Crippen molar-refractivity contribution in [3.63, 3.8) is 0 Å². The maximum absolute atomic E-state index is 13.5. The molecule has 1 aliphatic heterocycles. The number of hydroxylamine groups is 2. The Kier molecular flexibility index (Phi) is 9.76. The van der Waals surface area contributed by atoms with E-state index in [1.165, 1.54) is 22.1 Å². The summed E-state index contributed by atoms with van der Waals surface area (Å²) in [6.45, 7) is 2.10. The minimum Gasteiger partial charge on any atom is -0.481 e. The van der Waals surface area contributed by atoms with Crippen LogP contribution in [0.4, 0.5) is 18.0 Å². The van der Waals surface area contributed by atoms with Crippen molar-refractivity contribution in [3.05, 3.63) is 47.8 Å². The molecule has 2 N–H and O–H groups in total. The van der Waals surface area contributed by atoms with Gasteiger partial charge in [-0.05, 0) is 13.3 Å². The standard InChI is InChI=1S/C24H26F3N5O7/c1-2-38-23(37)39-32-12-10-31(11-13-32)22(36)16(8-9-19(33)34)29-21(35)17-14-18(24(25,26)27)30-20(28-17)15-6-4-3-5-7-15/h3-7,14,16H,2,8-13H2,1H3,(H,29,35)(H,33,34)/t16-/m0/s1. The molecule has 210 valence electrons. The van der Waals surface area contributed by atoms with Crippen molar-refractivity contribution in [2.75, 3.05) is 32.8 Å². The molecule has 2 amide bonds. The number of carboxylic acid groups (broad SMARTS) is 1. The van der Waals surface area contributed by atoms with E-state index in [1.54, 1.807) is 25.1 Å². The second kappa shape index (κ2) is 13.0. The molecule has 3 rings (SSSR count). The quantitative estimate of drug-likeness (QED) is 0.443. The molecule has 1 aromatic heterocycles. The van der Waals surface area contributed by atoms with Crippen LogP contribution in [0.1, 0.15) is 35.9 Å². The average Bonchev–Trinajstić information content (AvgIpc) is 2.90. The third-order valence-electron chi connectivity index (χ3n) is 5.55. The van der Waals surface area contributed by atoms with Crippen LogP contribution in [0.25, 0.3) is 11.4 Å². The first kappa shape index (κ1) is 29.3. The van der Waals surface area contributed by atoms with Gasteiger partial charge in [0.15, 0.2) is 5.82 Å². The summed E-state index contributed by atoms with van der Waals surface area (Å²) in [6, 6.07) is 6.82. The highest BCUT2D eigenvalue weighted by atomic mass is 19.4. The number of ether oxygens (including phenoxy) is 1. The van der Waals surface area contributed by atoms with E-state index < -0.39 is 54.0 Å². The molecule has 12 nitrogen and oxygen atoms in total. The Hall–Kier alpha value is -4.27. The molecule has 2 heterocycles. The summed E-state index contributed by atoms with van der Waals surface area (Å²) in [6.07, 6.45) is -6.59. The van der Waals surface area contributed by atoms with Crippen molar-refractivity contribution < 1.29 is 47.0 Å². The van der Waals surface area contributed by atoms with Gasteiger partial charge in [-0.2, -0.15) is 13.2 Å². The number of carboxylic acids is 1. The number of aliphatic carboxylic acids is 1. The van der Waals surface area contributed by atoms with E-state index in [4.69, 9.17) is 14.7 Å². The first-order chi connectivity index (χ1) is 18.5. The fourth-order valence-electron chi connectivity index (χ4n) is 3.65. The molecule has 39 heavy (non-hydrogen) atoms. The van der Waals surface area contributed by atoms with E-state index in [2.05, 4.69) is 15.3 Å². The lowest BCUT2D eigenvalue weighted by Gasteiger charge is -2.35. The highest BCUT2D eigenvalue weighted by molar-refractivity contribution is 5.96. The summed E-state index contributed by atoms with van der Waals surface area (Å²) >= 11 is 0. The number of piperazine rings is 1. The van der Waals surface area contributed by atoms with E-state index in [-0.39, 0.29) is 50.6 Å². The van der Waals surface area contributed by atoms with Crippen molar-refractivity contribution in [1.82, 2.24) is 25.2 Å². The minimum atomic E-state index is -4.88. The van der Waals surface area contributed by atoms with Gasteiger partial charge in [0.05, 0.1) is 19.7 Å². The van der Waals surface area contributed by atoms with Gasteiger partial charge in [-0.1, -0.05) is 30.3 Å². The largest absolute Gasteiger partial charge is 0.527 e. The predicted molar refractivity (Wildman–Crippen MR) is 127 cm³/mol. The number of rotatable bonds is 9. The van der Waals surface area contributed by atoms with Crippen molar-refractivity contribution in [3.8, 4) is 11.4 Å². The number of benzene rings is 1. The topological polar surface area (TPSA) is 151 Å². The number of carbonyl (C=O) groups is 4. The second-order valence-corrected chi connectivity index (χ2v) is 8.31. The van der Waals surface area contributed by atoms with Crippen LogP contribution in [0.15, 0.2) is 36.4 Å². The van der Waals surface area contributed by atoms with Crippen LogP contribution in [0.3, 0.4) is 0 Å². The van der Waals surface area contributed by atoms with Gasteiger partial charge in [-0.3, -0.25) is 14.4 Å². The fourth-order valence-corrected chi connectivity index (χ4v) is 3.65. The second-order valence-electron chi connectivity index (χ2n) is 8.31. The van der Waals surface area contributed by atoms with Crippen LogP contribution in [0.2, 0.25) is 0 Å². The average molecular weight is 553 g/mol. The molecule has 1 fully saturated rings. The molecule has 2 aromatic rings. The zero-order valence-corrected chi connectivity index (χ0v) is 20.8. The van der Waals surface area contributed by atoms with Gasteiger partial charge >= 0.3 is 18.3 Å². The Morgan fingerprint density at radius 1 is 1.08 bits per heavy atom. The van der Waals surface area contributed by atoms with Gasteiger partial charge in [0, 0.05) is 31.1 Å². The summed E-state index contributed by atoms with van der Waals surface area (Å²) in [7, 11) is 0. The monoisotopic (exact) mass is 553 g/mol. The highest BCUT2D eigenvalue weighted by Crippen LogP contribution is 2.29. The lowest BCUT2D eigenvalue weighted by atomic mass is 10.1. The number of alkyl halides is 3. The van der Waals surface area contributed by atoms with Gasteiger partial charge in [-0.25, -0.2) is 14.8 Å². The number of nitrogens with one attached hydrogen (secondary N) is 1. The molecular weight excluding hydrogens is 527 g/mol. The van der Waals surface area contributed by atoms with Gasteiger partial charge in [-0.15, -0.1) is 5.06 Å². The molecule has 1 aliphatic rings. The number of carbonyl (C=O) groups excluding carboxylic acids is 3. The Balaban J connectivity index is 1.78. The fraction of sp³-hybridized carbons (Fsp3) is 0.417. The summed E-state index contributed by atoms with van der Waals surface area (Å²) in [5, 5.41) is 12.7. The molecule has 1 saturated heterocycles. The molecule has 0 radical (unpaired) electrons. The zero-order valence-electron chi connectivity index (χ0n) is 20.8. The molecule has 1 atom stereocenters. The third kappa shape index (κ3) is 8.36. The number of nitrogens with zero attached hydrogens (tertiary/aromatic N) is 4. The molecule has 0 saturated carbocycles.